The van der Waals surface area contributed by atoms with Crippen molar-refractivity contribution in [1.29, 1.82) is 10.5 Å². The number of amides is 4. The maximum atomic E-state index is 12.9. The van der Waals surface area contributed by atoms with E-state index in [1.54, 1.807) is 97.8 Å². The molecule has 2 unspecified atom stereocenters. The van der Waals surface area contributed by atoms with Crippen LogP contribution in [0.3, 0.4) is 0 Å². The van der Waals surface area contributed by atoms with Gasteiger partial charge in [0.2, 0.25) is 23.7 Å². The molecule has 11 N–H and O–H groups in total. The van der Waals surface area contributed by atoms with Crippen LogP contribution in [0.1, 0.15) is 126 Å². The average Bonchev–Trinajstić information content (AvgIpc) is 1.68. The Labute approximate surface area is 753 Å². The third-order valence-electron chi connectivity index (χ3n) is 19.4. The van der Waals surface area contributed by atoms with E-state index in [0.29, 0.717) is 45.6 Å². The number of benzene rings is 2. The van der Waals surface area contributed by atoms with Crippen LogP contribution in [-0.2, 0) is 102 Å². The quantitative estimate of drug-likeness (QED) is 0.00762. The summed E-state index contributed by atoms with van der Waals surface area (Å²) in [7, 11) is -1.26. The molecule has 11 aromatic rings. The van der Waals surface area contributed by atoms with E-state index in [2.05, 4.69) is 112 Å². The van der Waals surface area contributed by atoms with Crippen LogP contribution in [0.25, 0.3) is 44.7 Å². The van der Waals surface area contributed by atoms with Crippen LogP contribution in [0.5, 0.6) is 0 Å². The summed E-state index contributed by atoms with van der Waals surface area (Å²) in [6.45, 7) is -1.12. The highest BCUT2D eigenvalue weighted by molar-refractivity contribution is 8.07. The molecule has 0 radical (unpaired) electrons. The van der Waals surface area contributed by atoms with Crippen molar-refractivity contribution in [2.45, 2.75) is 154 Å². The zero-order valence-electron chi connectivity index (χ0n) is 68.1. The lowest BCUT2D eigenvalue weighted by Crippen LogP contribution is -2.28. The van der Waals surface area contributed by atoms with E-state index in [4.69, 9.17) is 82.9 Å². The molecule has 14 atom stereocenters. The number of hydrogen-bond acceptors (Lipinski definition) is 37. The molecule has 45 nitrogen and oxygen atoms in total. The van der Waals surface area contributed by atoms with E-state index < -0.39 is 116 Å². The molecule has 0 saturated carbocycles. The standard InChI is InChI=1S/C35H39N11O10P2S2.C34H37N11O11P2S2.C5H5N.CH4.H3N/c1-19(2)31(47)43-35-42-30-27(33(49)44-35)40-18-46(30)34-24(55-57-50)13-21(53-34)15-52-58(60,51-11-6-10-36)56-23-14-25(54-22(23)9-12-59)45-17-39-26-28(37-16-38-29(26)45)41-32(48)20-7-4-3-5-8-20;1-18(2)30(46)42-34-41-29-26(32(48)43-34)39-17-45(29)33-22(55-57-49)11-20(53-33)13-51-58(60,50-10-6-9-35)56-21-12-24(54-23(21)14-52-59)44-16-38-25-27(36-15-37-28(25)44)40-31(47)19-7-4-3-5-8-19;1-2-4-6-5-3-1;;/h3-5,7-8,16-19,21-25,34,59H,6,9,11-15H2,1-2H3,(H,37,38,41,48)(H2,42,43,44,47,49);3-5,7-8,15-18,20-24,33,59H,6,10-14H2,1-2H3,(H,36,37,40,47)(H2,41,42,43,46,48);1-5H;1H4;1H3/p+2/t21-,22+,23-,24+,25+,34+,58?;20-,21-,22+,23+,24+,33+,58?;;;/m00.../s1. The first kappa shape index (κ1) is 98.5. The number of thiol groups is 2. The van der Waals surface area contributed by atoms with Gasteiger partial charge in [-0.15, -0.1) is 0 Å². The molecule has 2 aromatic carbocycles. The fraction of sp³-hybridized carbons (Fsp3) is 0.427. The molecular formula is C75H90N24O21P4S4+2. The molecule has 0 bridgehead atoms. The molecule has 13 heterocycles. The molecule has 0 aliphatic carbocycles. The zero-order valence-corrected chi connectivity index (χ0v) is 75.1. The van der Waals surface area contributed by atoms with Gasteiger partial charge in [0.1, 0.15) is 49.5 Å². The molecule has 15 rings (SSSR count). The number of fused-ring (bicyclic) bond motifs is 4. The number of hydrogen-bond donors (Lipinski definition) is 9. The Morgan fingerprint density at radius 3 is 1.36 bits per heavy atom. The molecule has 0 spiro atoms. The summed E-state index contributed by atoms with van der Waals surface area (Å²) in [6, 6.07) is 27.2. The monoisotopic (exact) mass is 1910 g/mol. The van der Waals surface area contributed by atoms with Gasteiger partial charge in [0.05, 0.1) is 108 Å². The SMILES string of the molecule is C.CC(C)C(=O)Nc1nc2c(ncn2[C@@H]2O[C@H](COP(=S)(OCCC#N)O[C@H]3C[C@H](n4cnc5c(NC(=O)c6ccccc6)ncnc54)O[C@@H]3CCS)C[C@H]2OP=O)c(=O)[nH]1.CC(C)C(=O)Nc1nc2c(ncn2[C@@H]2O[C@H](COP(=S)(OCCC#N)O[C@H]3C[C@H](n4cnc5c(NC(=O)c6ccccc6)ncnc54)O[C@@H]3COS)C[C@H]2OP=O)c(=O)[nH]1.[NH4+].c1cc[nH+]cc1. The normalized spacial score (nSPS) is 21.6. The van der Waals surface area contributed by atoms with Crippen LogP contribution in [0.2, 0.25) is 0 Å². The van der Waals surface area contributed by atoms with Crippen molar-refractivity contribution >= 4 is 172 Å². The Morgan fingerprint density at radius 1 is 0.555 bits per heavy atom. The van der Waals surface area contributed by atoms with Crippen LogP contribution in [-0.4, -0.2) is 189 Å². The summed E-state index contributed by atoms with van der Waals surface area (Å²) < 4.78 is 108. The number of aromatic nitrogens is 17. The summed E-state index contributed by atoms with van der Waals surface area (Å²) in [4.78, 5) is 128. The predicted octanol–water partition coefficient (Wildman–Crippen LogP) is 10.8. The highest BCUT2D eigenvalue weighted by Gasteiger charge is 2.47. The molecule has 4 amide bonds. The van der Waals surface area contributed by atoms with Crippen LogP contribution >= 0.6 is 56.3 Å². The van der Waals surface area contributed by atoms with E-state index in [1.807, 2.05) is 48.8 Å². The first-order valence-electron chi connectivity index (χ1n) is 38.9. The molecule has 4 fully saturated rings. The van der Waals surface area contributed by atoms with Crippen LogP contribution in [0.15, 0.2) is 139 Å². The number of nitrogens with zero attached hydrogens (tertiary/aromatic N) is 16. The van der Waals surface area contributed by atoms with Crippen molar-refractivity contribution in [3.8, 4) is 12.1 Å². The topological polar surface area (TPSA) is 583 Å². The summed E-state index contributed by atoms with van der Waals surface area (Å²) in [6.07, 6.45) is 4.15. The number of anilines is 4. The molecule has 128 heavy (non-hydrogen) atoms. The van der Waals surface area contributed by atoms with Gasteiger partial charge in [0, 0.05) is 60.8 Å². The van der Waals surface area contributed by atoms with E-state index in [9.17, 15) is 48.4 Å². The van der Waals surface area contributed by atoms with Gasteiger partial charge < -0.3 is 67.1 Å². The van der Waals surface area contributed by atoms with Gasteiger partial charge in [-0.05, 0) is 73.0 Å². The van der Waals surface area contributed by atoms with Crippen molar-refractivity contribution in [2.75, 3.05) is 60.1 Å². The maximum Gasteiger partial charge on any atom is 0.327 e. The fourth-order valence-electron chi connectivity index (χ4n) is 13.3. The number of nitrogens with one attached hydrogen (secondary N) is 7. The fourth-order valence-corrected chi connectivity index (χ4v) is 18.7. The summed E-state index contributed by atoms with van der Waals surface area (Å²) in [5.41, 5.74) is 1.26. The first-order valence-corrected chi connectivity index (χ1v) is 46.5. The maximum absolute atomic E-state index is 12.9. The number of H-pyrrole nitrogens is 3. The Bertz CT molecular complexity index is 5610. The molecular weight excluding hydrogens is 1830 g/mol. The van der Waals surface area contributed by atoms with Crippen LogP contribution < -0.4 is 43.5 Å². The number of nitriles is 2. The van der Waals surface area contributed by atoms with Crippen molar-refractivity contribution in [1.82, 2.24) is 84.2 Å². The number of rotatable bonds is 36. The van der Waals surface area contributed by atoms with Gasteiger partial charge in [-0.1, -0.05) is 77.6 Å². The van der Waals surface area contributed by atoms with Gasteiger partial charge >= 0.3 is 30.8 Å². The van der Waals surface area contributed by atoms with Gasteiger partial charge in [-0.3, -0.25) is 76.7 Å². The van der Waals surface area contributed by atoms with Gasteiger partial charge in [0.25, 0.3) is 22.9 Å². The third-order valence-corrected chi connectivity index (χ3v) is 25.3. The van der Waals surface area contributed by atoms with Crippen molar-refractivity contribution in [2.24, 2.45) is 11.8 Å². The number of ether oxygens (including phenoxy) is 4. The second kappa shape index (κ2) is 46.4. The van der Waals surface area contributed by atoms with E-state index >= 15 is 0 Å². The lowest BCUT2D eigenvalue weighted by atomic mass is 10.1. The molecule has 678 valence electrons. The zero-order chi connectivity index (χ0) is 89.0. The Balaban J connectivity index is 0.000000229. The average molecular weight is 1920 g/mol. The minimum atomic E-state index is -3.68. The number of carbonyl (C=O) groups excluding carboxylic acids is 4. The molecule has 4 aliphatic rings. The summed E-state index contributed by atoms with van der Waals surface area (Å²) in [5.74, 6) is -1.52. The molecule has 4 saturated heterocycles. The molecule has 53 heteroatoms. The largest absolute Gasteiger partial charge is 0.369 e. The second-order valence-electron chi connectivity index (χ2n) is 28.6. The first-order chi connectivity index (χ1) is 61.0. The summed E-state index contributed by atoms with van der Waals surface area (Å²) >= 11 is 20.2. The van der Waals surface area contributed by atoms with E-state index in [-0.39, 0.29) is 166 Å². The minimum Gasteiger partial charge on any atom is -0.369 e. The molecule has 9 aromatic heterocycles. The van der Waals surface area contributed by atoms with Crippen LogP contribution in [0.4, 0.5) is 23.5 Å². The number of quaternary nitrogens is 1. The van der Waals surface area contributed by atoms with Gasteiger partial charge in [0.15, 0.2) is 81.1 Å². The van der Waals surface area contributed by atoms with Crippen molar-refractivity contribution in [3.05, 3.63) is 161 Å². The highest BCUT2D eigenvalue weighted by atomic mass is 32.5. The lowest BCUT2D eigenvalue weighted by molar-refractivity contribution is -0.378. The number of aromatic amines is 3. The number of imidazole rings is 4. The smallest absolute Gasteiger partial charge is 0.327 e. The second-order valence-corrected chi connectivity index (χ2v) is 35.9. The third kappa shape index (κ3) is 24.5. The number of pyridine rings is 1. The van der Waals surface area contributed by atoms with E-state index in [0.717, 1.165) is 0 Å². The molecule has 4 aliphatic heterocycles. The van der Waals surface area contributed by atoms with Gasteiger partial charge in [-0.2, -0.15) is 33.1 Å². The predicted molar refractivity (Wildman–Crippen MR) is 473 cm³/mol. The van der Waals surface area contributed by atoms with Crippen LogP contribution in [0, 0.1) is 34.5 Å². The minimum absolute atomic E-state index is 0. The highest BCUT2D eigenvalue weighted by Crippen LogP contribution is 2.56. The van der Waals surface area contributed by atoms with Gasteiger partial charge in [-0.25, -0.2) is 54.0 Å². The van der Waals surface area contributed by atoms with E-state index in [1.165, 1.54) is 40.8 Å². The lowest BCUT2D eigenvalue weighted by Gasteiger charge is -2.27. The van der Waals surface area contributed by atoms with Crippen molar-refractivity contribution < 1.29 is 92.6 Å². The summed E-state index contributed by atoms with van der Waals surface area (Å²) in [5, 5.41) is 29.3. The Morgan fingerprint density at radius 2 is 0.969 bits per heavy atom. The Hall–Kier alpha value is -10.1. The van der Waals surface area contributed by atoms with Crippen molar-refractivity contribution in [3.63, 3.8) is 0 Å². The number of carbonyl (C=O) groups is 4. The Kier molecular flexibility index (Phi) is 35.7.